The van der Waals surface area contributed by atoms with E-state index in [2.05, 4.69) is 0 Å². The molecular formula is C35H32N2O10. The van der Waals surface area contributed by atoms with Gasteiger partial charge < -0.3 is 28.7 Å². The zero-order valence-electron chi connectivity index (χ0n) is 26.6. The molecule has 0 bridgehead atoms. The number of methoxy groups -OCH3 is 4. The molecule has 0 N–H and O–H groups in total. The SMILES string of the molecule is COC(=O)C1=C(C(=O)OC)N2C=Cc3ccccc3[C@H]2[C@H]2c3ccccc3[C@H]3N(C(C(=O)OC)=C(C(=O)OC)C3(C(C)=O)C(C)=O)[C@@H]12. The van der Waals surface area contributed by atoms with Crippen molar-refractivity contribution in [3.8, 4) is 0 Å². The molecule has 0 spiro atoms. The Kier molecular flexibility index (Phi) is 7.61. The van der Waals surface area contributed by atoms with Gasteiger partial charge in [0.2, 0.25) is 0 Å². The van der Waals surface area contributed by atoms with Crippen molar-refractivity contribution in [2.75, 3.05) is 28.4 Å². The summed E-state index contributed by atoms with van der Waals surface area (Å²) in [5.74, 6) is -6.14. The fourth-order valence-electron chi connectivity index (χ4n) is 8.02. The minimum absolute atomic E-state index is 0.165. The molecule has 0 unspecified atom stereocenters. The van der Waals surface area contributed by atoms with Gasteiger partial charge in [-0.3, -0.25) is 9.59 Å². The highest BCUT2D eigenvalue weighted by atomic mass is 16.5. The molecular weight excluding hydrogens is 608 g/mol. The van der Waals surface area contributed by atoms with Crippen LogP contribution in [0.3, 0.4) is 0 Å². The van der Waals surface area contributed by atoms with Crippen LogP contribution in [0.1, 0.15) is 54.1 Å². The third-order valence-corrected chi connectivity index (χ3v) is 9.71. The van der Waals surface area contributed by atoms with Crippen LogP contribution in [0.4, 0.5) is 0 Å². The molecule has 6 rings (SSSR count). The van der Waals surface area contributed by atoms with Crippen LogP contribution in [-0.2, 0) is 47.7 Å². The van der Waals surface area contributed by atoms with Gasteiger partial charge in [-0.05, 0) is 42.2 Å². The zero-order valence-corrected chi connectivity index (χ0v) is 26.6. The van der Waals surface area contributed by atoms with Gasteiger partial charge in [0, 0.05) is 12.1 Å². The highest BCUT2D eigenvalue weighted by Gasteiger charge is 2.69. The summed E-state index contributed by atoms with van der Waals surface area (Å²) >= 11 is 0. The first-order valence-corrected chi connectivity index (χ1v) is 14.8. The molecule has 4 heterocycles. The number of esters is 4. The predicted octanol–water partition coefficient (Wildman–Crippen LogP) is 2.91. The van der Waals surface area contributed by atoms with Crippen LogP contribution in [0.15, 0.2) is 77.3 Å². The number of hydrogen-bond acceptors (Lipinski definition) is 12. The van der Waals surface area contributed by atoms with Crippen molar-refractivity contribution in [3.05, 3.63) is 99.5 Å². The molecule has 242 valence electrons. The predicted molar refractivity (Wildman–Crippen MR) is 164 cm³/mol. The molecule has 0 saturated heterocycles. The molecule has 4 atom stereocenters. The van der Waals surface area contributed by atoms with E-state index in [0.717, 1.165) is 32.5 Å². The Balaban J connectivity index is 1.85. The molecule has 12 nitrogen and oxygen atoms in total. The van der Waals surface area contributed by atoms with E-state index in [-0.39, 0.29) is 11.3 Å². The Morgan fingerprint density at radius 3 is 1.74 bits per heavy atom. The highest BCUT2D eigenvalue weighted by Crippen LogP contribution is 2.64. The normalized spacial score (nSPS) is 23.0. The van der Waals surface area contributed by atoms with Crippen LogP contribution in [0.25, 0.3) is 6.08 Å². The number of ketones is 2. The lowest BCUT2D eigenvalue weighted by atomic mass is 9.62. The van der Waals surface area contributed by atoms with Crippen molar-refractivity contribution < 1.29 is 47.7 Å². The zero-order chi connectivity index (χ0) is 33.9. The first-order valence-electron chi connectivity index (χ1n) is 14.8. The molecule has 4 aliphatic rings. The summed E-state index contributed by atoms with van der Waals surface area (Å²) in [5, 5.41) is 0. The summed E-state index contributed by atoms with van der Waals surface area (Å²) < 4.78 is 20.8. The number of rotatable bonds is 6. The Morgan fingerprint density at radius 1 is 0.638 bits per heavy atom. The van der Waals surface area contributed by atoms with E-state index >= 15 is 0 Å². The first kappa shape index (κ1) is 31.5. The van der Waals surface area contributed by atoms with Crippen LogP contribution in [0, 0.1) is 5.41 Å². The van der Waals surface area contributed by atoms with E-state index in [1.165, 1.54) is 25.9 Å². The average molecular weight is 641 g/mol. The van der Waals surface area contributed by atoms with Crippen LogP contribution in [-0.4, -0.2) is 79.7 Å². The van der Waals surface area contributed by atoms with Crippen LogP contribution in [0.5, 0.6) is 0 Å². The average Bonchev–Trinajstić information content (AvgIpc) is 3.42. The topological polar surface area (TPSA) is 146 Å². The molecule has 47 heavy (non-hydrogen) atoms. The van der Waals surface area contributed by atoms with E-state index in [0.29, 0.717) is 11.1 Å². The lowest BCUT2D eigenvalue weighted by molar-refractivity contribution is -0.147. The number of carbonyl (C=O) groups is 6. The molecule has 0 fully saturated rings. The Hall–Kier alpha value is -5.52. The number of hydrogen-bond donors (Lipinski definition) is 0. The molecule has 0 radical (unpaired) electrons. The number of fused-ring (bicyclic) bond motifs is 10. The maximum atomic E-state index is 14.0. The molecule has 0 aromatic heterocycles. The van der Waals surface area contributed by atoms with Crippen molar-refractivity contribution in [2.24, 2.45) is 5.41 Å². The summed E-state index contributed by atoms with van der Waals surface area (Å²) in [5.41, 5.74) is -0.821. The second-order valence-corrected chi connectivity index (χ2v) is 11.6. The van der Waals surface area contributed by atoms with Gasteiger partial charge in [0.05, 0.1) is 57.7 Å². The number of carbonyl (C=O) groups excluding carboxylic acids is 6. The molecule has 12 heteroatoms. The first-order chi connectivity index (χ1) is 22.5. The van der Waals surface area contributed by atoms with E-state index in [1.54, 1.807) is 29.3 Å². The smallest absolute Gasteiger partial charge is 0.355 e. The number of nitrogens with zero attached hydrogens (tertiary/aromatic N) is 2. The minimum atomic E-state index is -2.26. The van der Waals surface area contributed by atoms with E-state index in [9.17, 15) is 28.8 Å². The van der Waals surface area contributed by atoms with Gasteiger partial charge in [-0.15, -0.1) is 0 Å². The summed E-state index contributed by atoms with van der Waals surface area (Å²) in [6.45, 7) is 2.33. The second kappa shape index (κ2) is 11.4. The Labute approximate surface area is 270 Å². The fraction of sp³-hybridized carbons (Fsp3) is 0.314. The quantitative estimate of drug-likeness (QED) is 0.260. The third-order valence-electron chi connectivity index (χ3n) is 9.71. The summed E-state index contributed by atoms with van der Waals surface area (Å²) in [6.07, 6.45) is 3.49. The van der Waals surface area contributed by atoms with Gasteiger partial charge in [0.25, 0.3) is 0 Å². The molecule has 2 aromatic rings. The van der Waals surface area contributed by atoms with Crippen molar-refractivity contribution >= 4 is 41.5 Å². The van der Waals surface area contributed by atoms with E-state index < -0.39 is 76.2 Å². The van der Waals surface area contributed by atoms with Crippen LogP contribution < -0.4 is 0 Å². The van der Waals surface area contributed by atoms with E-state index in [1.807, 2.05) is 36.4 Å². The maximum absolute atomic E-state index is 14.0. The number of ether oxygens (including phenoxy) is 4. The maximum Gasteiger partial charge on any atom is 0.355 e. The van der Waals surface area contributed by atoms with Crippen LogP contribution >= 0.6 is 0 Å². The van der Waals surface area contributed by atoms with Gasteiger partial charge in [-0.25, -0.2) is 19.2 Å². The molecule has 0 amide bonds. The molecule has 0 aliphatic carbocycles. The Bertz CT molecular complexity index is 1860. The van der Waals surface area contributed by atoms with Gasteiger partial charge in [0.1, 0.15) is 16.8 Å². The van der Waals surface area contributed by atoms with Crippen molar-refractivity contribution in [1.82, 2.24) is 9.80 Å². The molecule has 2 aromatic carbocycles. The van der Waals surface area contributed by atoms with Gasteiger partial charge in [-0.2, -0.15) is 0 Å². The van der Waals surface area contributed by atoms with Crippen molar-refractivity contribution in [2.45, 2.75) is 37.9 Å². The lowest BCUT2D eigenvalue weighted by Gasteiger charge is -2.56. The van der Waals surface area contributed by atoms with Crippen molar-refractivity contribution in [1.29, 1.82) is 0 Å². The highest BCUT2D eigenvalue weighted by molar-refractivity contribution is 6.20. The minimum Gasteiger partial charge on any atom is -0.466 e. The van der Waals surface area contributed by atoms with Gasteiger partial charge >= 0.3 is 23.9 Å². The monoisotopic (exact) mass is 640 g/mol. The summed E-state index contributed by atoms with van der Waals surface area (Å²) in [7, 11) is 4.49. The van der Waals surface area contributed by atoms with Gasteiger partial charge in [-0.1, -0.05) is 48.5 Å². The number of benzene rings is 2. The molecule has 4 aliphatic heterocycles. The Morgan fingerprint density at radius 2 is 1.17 bits per heavy atom. The lowest BCUT2D eigenvalue weighted by Crippen LogP contribution is -2.58. The standard InChI is InChI=1S/C35H32N2O10/c1-17(38)35(18(2)39)25(32(41)45-4)29(34(43)47-6)37-27-23(21-13-9-10-14-22(21)30(35)37)26-20-12-8-7-11-19(20)15-16-36(26)28(33(42)46-5)24(27)31(40)44-3/h7-16,23,26-27,30H,1-6H3/t23-,26+,27-,30-/m1/s1. The fourth-order valence-corrected chi connectivity index (χ4v) is 8.02. The van der Waals surface area contributed by atoms with Crippen molar-refractivity contribution in [3.63, 3.8) is 0 Å². The molecule has 0 saturated carbocycles. The van der Waals surface area contributed by atoms with Crippen LogP contribution in [0.2, 0.25) is 0 Å². The third kappa shape index (κ3) is 4.06. The summed E-state index contributed by atoms with van der Waals surface area (Å²) in [6, 6.07) is 11.3. The summed E-state index contributed by atoms with van der Waals surface area (Å²) in [4.78, 5) is 86.4. The second-order valence-electron chi connectivity index (χ2n) is 11.6. The number of Topliss-reactive ketones (excluding diaryl/α,β-unsaturated/α-hetero) is 2. The largest absolute Gasteiger partial charge is 0.466 e. The van der Waals surface area contributed by atoms with Gasteiger partial charge in [0.15, 0.2) is 11.6 Å². The van der Waals surface area contributed by atoms with E-state index in [4.69, 9.17) is 18.9 Å².